The summed E-state index contributed by atoms with van der Waals surface area (Å²) >= 11 is 1.94. The largest absolute Gasteiger partial charge is 0.396 e. The van der Waals surface area contributed by atoms with Crippen LogP contribution in [0.25, 0.3) is 0 Å². The maximum atomic E-state index is 9.15. The fourth-order valence-electron chi connectivity index (χ4n) is 2.09. The van der Waals surface area contributed by atoms with Gasteiger partial charge in [-0.15, -0.1) is 0 Å². The standard InChI is InChI=1S/C17H29NOS/c1-5-10-18-17(15(4)20-12-14(3)11-19)16-8-6-13(2)7-9-16/h6-9,14-15,17-19H,5,10-12H2,1-4H3. The smallest absolute Gasteiger partial charge is 0.0464 e. The second-order valence-electron chi connectivity index (χ2n) is 5.67. The van der Waals surface area contributed by atoms with Gasteiger partial charge in [0.15, 0.2) is 0 Å². The van der Waals surface area contributed by atoms with E-state index in [2.05, 4.69) is 57.3 Å². The lowest BCUT2D eigenvalue weighted by atomic mass is 10.0. The molecule has 114 valence electrons. The summed E-state index contributed by atoms with van der Waals surface area (Å²) in [7, 11) is 0. The van der Waals surface area contributed by atoms with Crippen molar-refractivity contribution in [1.29, 1.82) is 0 Å². The van der Waals surface area contributed by atoms with Crippen molar-refractivity contribution < 1.29 is 5.11 Å². The van der Waals surface area contributed by atoms with Crippen molar-refractivity contribution >= 4 is 11.8 Å². The summed E-state index contributed by atoms with van der Waals surface area (Å²) in [5.74, 6) is 1.38. The molecule has 1 rings (SSSR count). The van der Waals surface area contributed by atoms with Crippen LogP contribution in [0.5, 0.6) is 0 Å². The monoisotopic (exact) mass is 295 g/mol. The molecule has 0 saturated heterocycles. The number of hydrogen-bond donors (Lipinski definition) is 2. The van der Waals surface area contributed by atoms with Crippen molar-refractivity contribution in [2.75, 3.05) is 18.9 Å². The number of benzene rings is 1. The van der Waals surface area contributed by atoms with Gasteiger partial charge in [0.25, 0.3) is 0 Å². The molecule has 3 unspecified atom stereocenters. The molecule has 0 aliphatic heterocycles. The van der Waals surface area contributed by atoms with E-state index in [1.807, 2.05) is 11.8 Å². The molecule has 0 amide bonds. The van der Waals surface area contributed by atoms with Crippen molar-refractivity contribution in [2.24, 2.45) is 5.92 Å². The Labute approximate surface area is 128 Å². The lowest BCUT2D eigenvalue weighted by Gasteiger charge is -2.26. The molecule has 0 radical (unpaired) electrons. The van der Waals surface area contributed by atoms with E-state index in [9.17, 15) is 0 Å². The van der Waals surface area contributed by atoms with E-state index in [0.717, 1.165) is 18.7 Å². The van der Waals surface area contributed by atoms with E-state index >= 15 is 0 Å². The lowest BCUT2D eigenvalue weighted by Crippen LogP contribution is -2.30. The van der Waals surface area contributed by atoms with Crippen LogP contribution in [0.2, 0.25) is 0 Å². The predicted molar refractivity (Wildman–Crippen MR) is 90.4 cm³/mol. The maximum Gasteiger partial charge on any atom is 0.0464 e. The molecular weight excluding hydrogens is 266 g/mol. The number of rotatable bonds is 9. The molecular formula is C17H29NOS. The van der Waals surface area contributed by atoms with E-state index in [0.29, 0.717) is 17.2 Å². The first-order chi connectivity index (χ1) is 9.58. The number of aliphatic hydroxyl groups excluding tert-OH is 1. The molecule has 1 aromatic rings. The van der Waals surface area contributed by atoms with Crippen LogP contribution in [0, 0.1) is 12.8 Å². The Morgan fingerprint density at radius 3 is 2.40 bits per heavy atom. The van der Waals surface area contributed by atoms with Gasteiger partial charge in [0.2, 0.25) is 0 Å². The average molecular weight is 295 g/mol. The van der Waals surface area contributed by atoms with Crippen molar-refractivity contribution in [2.45, 2.75) is 45.4 Å². The van der Waals surface area contributed by atoms with Crippen molar-refractivity contribution in [3.8, 4) is 0 Å². The van der Waals surface area contributed by atoms with Gasteiger partial charge in [-0.25, -0.2) is 0 Å². The second kappa shape index (κ2) is 9.43. The number of aryl methyl sites for hydroxylation is 1. The van der Waals surface area contributed by atoms with Crippen LogP contribution in [0.4, 0.5) is 0 Å². The predicted octanol–water partition coefficient (Wildman–Crippen LogP) is 3.79. The maximum absolute atomic E-state index is 9.15. The Morgan fingerprint density at radius 1 is 1.20 bits per heavy atom. The SMILES string of the molecule is CCCNC(c1ccc(C)cc1)C(C)SCC(C)CO. The summed E-state index contributed by atoms with van der Waals surface area (Å²) in [5, 5.41) is 13.3. The van der Waals surface area contributed by atoms with Gasteiger partial charge in [-0.2, -0.15) is 11.8 Å². The van der Waals surface area contributed by atoms with Gasteiger partial charge >= 0.3 is 0 Å². The summed E-state index contributed by atoms with van der Waals surface area (Å²) < 4.78 is 0. The second-order valence-corrected chi connectivity index (χ2v) is 7.08. The zero-order valence-electron chi connectivity index (χ0n) is 13.2. The Balaban J connectivity index is 2.69. The van der Waals surface area contributed by atoms with E-state index < -0.39 is 0 Å². The van der Waals surface area contributed by atoms with Crippen LogP contribution in [-0.2, 0) is 0 Å². The van der Waals surface area contributed by atoms with Crippen LogP contribution in [0.1, 0.15) is 44.4 Å². The lowest BCUT2D eigenvalue weighted by molar-refractivity contribution is 0.250. The van der Waals surface area contributed by atoms with Crippen LogP contribution in [-0.4, -0.2) is 29.3 Å². The number of aliphatic hydroxyl groups is 1. The van der Waals surface area contributed by atoms with Crippen molar-refractivity contribution in [3.05, 3.63) is 35.4 Å². The van der Waals surface area contributed by atoms with E-state index in [1.54, 1.807) is 0 Å². The van der Waals surface area contributed by atoms with Gasteiger partial charge in [-0.1, -0.05) is 50.6 Å². The molecule has 0 aliphatic rings. The highest BCUT2D eigenvalue weighted by atomic mass is 32.2. The van der Waals surface area contributed by atoms with Gasteiger partial charge in [-0.3, -0.25) is 0 Å². The summed E-state index contributed by atoms with van der Waals surface area (Å²) in [5.41, 5.74) is 2.66. The van der Waals surface area contributed by atoms with Gasteiger partial charge in [0.1, 0.15) is 0 Å². The van der Waals surface area contributed by atoms with Crippen LogP contribution in [0.3, 0.4) is 0 Å². The Kier molecular flexibility index (Phi) is 8.27. The number of hydrogen-bond acceptors (Lipinski definition) is 3. The molecule has 0 aliphatic carbocycles. The van der Waals surface area contributed by atoms with Crippen LogP contribution < -0.4 is 5.32 Å². The average Bonchev–Trinajstić information content (AvgIpc) is 2.46. The summed E-state index contributed by atoms with van der Waals surface area (Å²) in [4.78, 5) is 0. The molecule has 2 N–H and O–H groups in total. The highest BCUT2D eigenvalue weighted by Gasteiger charge is 2.19. The molecule has 2 nitrogen and oxygen atoms in total. The molecule has 0 heterocycles. The van der Waals surface area contributed by atoms with Crippen molar-refractivity contribution in [3.63, 3.8) is 0 Å². The quantitative estimate of drug-likeness (QED) is 0.727. The first-order valence-corrected chi connectivity index (χ1v) is 8.65. The first kappa shape index (κ1) is 17.5. The fraction of sp³-hybridized carbons (Fsp3) is 0.647. The minimum Gasteiger partial charge on any atom is -0.396 e. The van der Waals surface area contributed by atoms with E-state index in [4.69, 9.17) is 5.11 Å². The molecule has 1 aromatic carbocycles. The Bertz CT molecular complexity index is 366. The molecule has 0 aromatic heterocycles. The summed E-state index contributed by atoms with van der Waals surface area (Å²) in [6, 6.07) is 9.21. The fourth-order valence-corrected chi connectivity index (χ4v) is 3.28. The highest BCUT2D eigenvalue weighted by Crippen LogP contribution is 2.28. The van der Waals surface area contributed by atoms with Gasteiger partial charge in [-0.05, 0) is 37.1 Å². The number of nitrogens with one attached hydrogen (secondary N) is 1. The van der Waals surface area contributed by atoms with E-state index in [-0.39, 0.29) is 6.61 Å². The van der Waals surface area contributed by atoms with Crippen LogP contribution in [0.15, 0.2) is 24.3 Å². The molecule has 0 fully saturated rings. The molecule has 0 saturated carbocycles. The zero-order chi connectivity index (χ0) is 15.0. The van der Waals surface area contributed by atoms with Crippen molar-refractivity contribution in [1.82, 2.24) is 5.32 Å². The highest BCUT2D eigenvalue weighted by molar-refractivity contribution is 7.99. The molecule has 0 spiro atoms. The minimum absolute atomic E-state index is 0.275. The third kappa shape index (κ3) is 5.86. The summed E-state index contributed by atoms with van der Waals surface area (Å²) in [6.45, 7) is 10.0. The first-order valence-electron chi connectivity index (χ1n) is 7.60. The normalized spacial score (nSPS) is 15.8. The number of thioether (sulfide) groups is 1. The minimum atomic E-state index is 0.275. The molecule has 3 atom stereocenters. The molecule has 20 heavy (non-hydrogen) atoms. The van der Waals surface area contributed by atoms with Gasteiger partial charge < -0.3 is 10.4 Å². The molecule has 0 bridgehead atoms. The third-order valence-electron chi connectivity index (χ3n) is 3.48. The summed E-state index contributed by atoms with van der Waals surface area (Å²) in [6.07, 6.45) is 1.15. The topological polar surface area (TPSA) is 32.3 Å². The molecule has 3 heteroatoms. The van der Waals surface area contributed by atoms with Gasteiger partial charge in [0, 0.05) is 17.9 Å². The third-order valence-corrected chi connectivity index (χ3v) is 5.03. The Morgan fingerprint density at radius 2 is 1.85 bits per heavy atom. The van der Waals surface area contributed by atoms with Crippen LogP contribution >= 0.6 is 11.8 Å². The zero-order valence-corrected chi connectivity index (χ0v) is 14.0. The van der Waals surface area contributed by atoms with E-state index in [1.165, 1.54) is 11.1 Å². The van der Waals surface area contributed by atoms with Gasteiger partial charge in [0.05, 0.1) is 0 Å². The Hall–Kier alpha value is -0.510.